The first kappa shape index (κ1) is 12.8. The molecule has 1 aromatic carbocycles. The van der Waals surface area contributed by atoms with Gasteiger partial charge in [-0.05, 0) is 18.6 Å². The summed E-state index contributed by atoms with van der Waals surface area (Å²) in [4.78, 5) is 16.4. The van der Waals surface area contributed by atoms with Crippen molar-refractivity contribution in [1.29, 1.82) is 5.26 Å². The highest BCUT2D eigenvalue weighted by Gasteiger charge is 2.25. The summed E-state index contributed by atoms with van der Waals surface area (Å²) in [5.41, 5.74) is -0.407. The molecule has 0 heterocycles. The van der Waals surface area contributed by atoms with Crippen molar-refractivity contribution in [3.63, 3.8) is 0 Å². The first-order valence-corrected chi connectivity index (χ1v) is 5.82. The lowest BCUT2D eigenvalue weighted by Gasteiger charge is -2.16. The van der Waals surface area contributed by atoms with Gasteiger partial charge in [0, 0.05) is 0 Å². The molecule has 2 rings (SSSR count). The van der Waals surface area contributed by atoms with Crippen LogP contribution in [0.3, 0.4) is 0 Å². The molecule has 0 saturated heterocycles. The highest BCUT2D eigenvalue weighted by molar-refractivity contribution is 5.89. The summed E-state index contributed by atoms with van der Waals surface area (Å²) in [6.45, 7) is 0. The molecule has 0 N–H and O–H groups in total. The van der Waals surface area contributed by atoms with Crippen LogP contribution in [0.4, 0.5) is 0 Å². The second-order valence-electron chi connectivity index (χ2n) is 4.12. The lowest BCUT2D eigenvalue weighted by atomic mass is 9.85. The van der Waals surface area contributed by atoms with E-state index in [1.54, 1.807) is 36.4 Å². The van der Waals surface area contributed by atoms with E-state index in [1.807, 2.05) is 18.2 Å². The molecule has 0 radical (unpaired) electrons. The Morgan fingerprint density at radius 1 is 1.37 bits per heavy atom. The molecule has 1 aromatic rings. The molecular weight excluding hydrogens is 240 g/mol. The van der Waals surface area contributed by atoms with Crippen molar-refractivity contribution in [3.05, 3.63) is 60.2 Å². The second kappa shape index (κ2) is 5.78. The van der Waals surface area contributed by atoms with Crippen LogP contribution >= 0.6 is 0 Å². The standard InChI is InChI=1S/C15H12N2O2/c16-11-15(9-5-2-6-10-15)12-17-19-14(18)13-7-3-1-4-8-13/h1-9,12H,10H2/b17-12+. The minimum atomic E-state index is -0.828. The van der Waals surface area contributed by atoms with Gasteiger partial charge in [0.25, 0.3) is 0 Å². The van der Waals surface area contributed by atoms with Gasteiger partial charge in [0.1, 0.15) is 5.41 Å². The van der Waals surface area contributed by atoms with E-state index in [1.165, 1.54) is 6.21 Å². The average molecular weight is 252 g/mol. The summed E-state index contributed by atoms with van der Waals surface area (Å²) < 4.78 is 0. The Balaban J connectivity index is 2.01. The topological polar surface area (TPSA) is 62.4 Å². The minimum absolute atomic E-state index is 0.421. The summed E-state index contributed by atoms with van der Waals surface area (Å²) in [6.07, 6.45) is 9.11. The predicted molar refractivity (Wildman–Crippen MR) is 71.3 cm³/mol. The van der Waals surface area contributed by atoms with Gasteiger partial charge in [-0.1, -0.05) is 47.7 Å². The van der Waals surface area contributed by atoms with Crippen LogP contribution < -0.4 is 0 Å². The zero-order valence-electron chi connectivity index (χ0n) is 10.2. The Hall–Kier alpha value is -2.67. The van der Waals surface area contributed by atoms with Gasteiger partial charge < -0.3 is 4.84 Å². The van der Waals surface area contributed by atoms with Crippen LogP contribution in [-0.4, -0.2) is 12.2 Å². The molecule has 0 fully saturated rings. The molecule has 1 atom stereocenters. The number of benzene rings is 1. The Kier molecular flexibility index (Phi) is 3.89. The van der Waals surface area contributed by atoms with Crippen LogP contribution in [0.15, 0.2) is 59.8 Å². The number of nitriles is 1. The maximum absolute atomic E-state index is 11.6. The van der Waals surface area contributed by atoms with Crippen LogP contribution in [0, 0.1) is 16.7 Å². The molecule has 0 aliphatic heterocycles. The average Bonchev–Trinajstić information content (AvgIpc) is 2.49. The van der Waals surface area contributed by atoms with Crippen molar-refractivity contribution in [2.75, 3.05) is 0 Å². The van der Waals surface area contributed by atoms with Crippen molar-refractivity contribution in [2.24, 2.45) is 10.6 Å². The van der Waals surface area contributed by atoms with Crippen molar-refractivity contribution in [1.82, 2.24) is 0 Å². The molecule has 0 bridgehead atoms. The van der Waals surface area contributed by atoms with Crippen LogP contribution in [0.5, 0.6) is 0 Å². The molecule has 4 heteroatoms. The van der Waals surface area contributed by atoms with Crippen LogP contribution in [-0.2, 0) is 4.84 Å². The first-order valence-electron chi connectivity index (χ1n) is 5.82. The smallest absolute Gasteiger partial charge is 0.313 e. The van der Waals surface area contributed by atoms with E-state index >= 15 is 0 Å². The molecule has 1 aliphatic carbocycles. The van der Waals surface area contributed by atoms with Gasteiger partial charge in [0.2, 0.25) is 0 Å². The Bertz CT molecular complexity index is 582. The van der Waals surface area contributed by atoms with Gasteiger partial charge in [0.15, 0.2) is 0 Å². The number of oxime groups is 1. The zero-order valence-corrected chi connectivity index (χ0v) is 10.2. The molecule has 0 aromatic heterocycles. The number of carbonyl (C=O) groups is 1. The van der Waals surface area contributed by atoms with E-state index in [-0.39, 0.29) is 0 Å². The maximum atomic E-state index is 11.6. The van der Waals surface area contributed by atoms with E-state index in [0.29, 0.717) is 12.0 Å². The lowest BCUT2D eigenvalue weighted by molar-refractivity contribution is 0.0516. The summed E-state index contributed by atoms with van der Waals surface area (Å²) >= 11 is 0. The molecule has 19 heavy (non-hydrogen) atoms. The monoisotopic (exact) mass is 252 g/mol. The number of nitrogens with zero attached hydrogens (tertiary/aromatic N) is 2. The SMILES string of the molecule is N#CC1(/C=N/OC(=O)c2ccccc2)C=CC=CC1. The van der Waals surface area contributed by atoms with E-state index in [9.17, 15) is 4.79 Å². The summed E-state index contributed by atoms with van der Waals surface area (Å²) in [7, 11) is 0. The molecule has 0 spiro atoms. The van der Waals surface area contributed by atoms with Gasteiger partial charge in [-0.2, -0.15) is 5.26 Å². The predicted octanol–water partition coefficient (Wildman–Crippen LogP) is 2.86. The quantitative estimate of drug-likeness (QED) is 0.472. The largest absolute Gasteiger partial charge is 0.365 e. The fourth-order valence-electron chi connectivity index (χ4n) is 1.64. The number of carbonyl (C=O) groups excluding carboxylic acids is 1. The number of allylic oxidation sites excluding steroid dienone is 4. The van der Waals surface area contributed by atoms with Gasteiger partial charge in [-0.25, -0.2) is 4.79 Å². The molecule has 1 aliphatic rings. The highest BCUT2D eigenvalue weighted by Crippen LogP contribution is 2.24. The second-order valence-corrected chi connectivity index (χ2v) is 4.12. The molecule has 0 saturated carbocycles. The minimum Gasteiger partial charge on any atom is -0.313 e. The fourth-order valence-corrected chi connectivity index (χ4v) is 1.64. The Morgan fingerprint density at radius 2 is 2.16 bits per heavy atom. The van der Waals surface area contributed by atoms with E-state index in [2.05, 4.69) is 11.2 Å². The third kappa shape index (κ3) is 3.17. The third-order valence-corrected chi connectivity index (χ3v) is 2.73. The lowest BCUT2D eigenvalue weighted by Crippen LogP contribution is -2.18. The zero-order chi connectivity index (χ0) is 13.6. The molecule has 4 nitrogen and oxygen atoms in total. The fraction of sp³-hybridized carbons (Fsp3) is 0.133. The van der Waals surface area contributed by atoms with E-state index in [0.717, 1.165) is 0 Å². The highest BCUT2D eigenvalue weighted by atomic mass is 16.7. The van der Waals surface area contributed by atoms with Crippen molar-refractivity contribution in [2.45, 2.75) is 6.42 Å². The summed E-state index contributed by atoms with van der Waals surface area (Å²) in [5, 5.41) is 12.8. The van der Waals surface area contributed by atoms with Crippen LogP contribution in [0.25, 0.3) is 0 Å². The maximum Gasteiger partial charge on any atom is 0.365 e. The number of hydrogen-bond acceptors (Lipinski definition) is 4. The molecule has 94 valence electrons. The normalized spacial score (nSPS) is 21.2. The van der Waals surface area contributed by atoms with Gasteiger partial charge in [-0.15, -0.1) is 0 Å². The van der Waals surface area contributed by atoms with Crippen molar-refractivity contribution in [3.8, 4) is 6.07 Å². The summed E-state index contributed by atoms with van der Waals surface area (Å²) in [5.74, 6) is -0.541. The molecule has 0 amide bonds. The molecular formula is C15H12N2O2. The number of hydrogen-bond donors (Lipinski definition) is 0. The van der Waals surface area contributed by atoms with Gasteiger partial charge in [0.05, 0.1) is 17.8 Å². The number of rotatable bonds is 3. The van der Waals surface area contributed by atoms with E-state index < -0.39 is 11.4 Å². The summed E-state index contributed by atoms with van der Waals surface area (Å²) in [6, 6.07) is 10.7. The van der Waals surface area contributed by atoms with Crippen molar-refractivity contribution >= 4 is 12.2 Å². The van der Waals surface area contributed by atoms with E-state index in [4.69, 9.17) is 10.1 Å². The Morgan fingerprint density at radius 3 is 2.79 bits per heavy atom. The first-order chi connectivity index (χ1) is 9.26. The van der Waals surface area contributed by atoms with Gasteiger partial charge in [-0.3, -0.25) is 0 Å². The van der Waals surface area contributed by atoms with Crippen LogP contribution in [0.2, 0.25) is 0 Å². The van der Waals surface area contributed by atoms with Crippen LogP contribution in [0.1, 0.15) is 16.8 Å². The molecule has 1 unspecified atom stereocenters. The van der Waals surface area contributed by atoms with Gasteiger partial charge >= 0.3 is 5.97 Å². The van der Waals surface area contributed by atoms with Crippen molar-refractivity contribution < 1.29 is 9.63 Å². The third-order valence-electron chi connectivity index (χ3n) is 2.73. The Labute approximate surface area is 111 Å².